The molecule has 1 unspecified atom stereocenters. The van der Waals surface area contributed by atoms with Gasteiger partial charge in [-0.05, 0) is 18.4 Å². The smallest absolute Gasteiger partial charge is 0.311 e. The number of amides is 1. The zero-order valence-electron chi connectivity index (χ0n) is 11.6. The number of rotatable bonds is 4. The first-order chi connectivity index (χ1) is 9.68. The molecule has 0 saturated carbocycles. The molecule has 1 aliphatic heterocycles. The minimum atomic E-state index is -0.931. The third-order valence-electron chi connectivity index (χ3n) is 3.84. The largest absolute Gasteiger partial charge is 0.481 e. The highest BCUT2D eigenvalue weighted by Crippen LogP contribution is 2.22. The van der Waals surface area contributed by atoms with E-state index in [9.17, 15) is 14.7 Å². The number of nitrogens with zero attached hydrogens (tertiary/aromatic N) is 1. The molecule has 0 aromatic heterocycles. The minimum absolute atomic E-state index is 0.0387. The molecular weight excluding hydrogens is 254 g/mol. The summed E-state index contributed by atoms with van der Waals surface area (Å²) >= 11 is 0. The molecule has 4 nitrogen and oxygen atoms in total. The summed E-state index contributed by atoms with van der Waals surface area (Å²) in [5.41, 5.74) is 0.697. The van der Waals surface area contributed by atoms with Crippen LogP contribution in [0.1, 0.15) is 43.6 Å². The van der Waals surface area contributed by atoms with Crippen LogP contribution in [0, 0.1) is 0 Å². The fourth-order valence-electron chi connectivity index (χ4n) is 2.66. The van der Waals surface area contributed by atoms with Crippen LogP contribution in [0.2, 0.25) is 0 Å². The van der Waals surface area contributed by atoms with Crippen LogP contribution in [0.15, 0.2) is 30.3 Å². The molecule has 0 aliphatic carbocycles. The Labute approximate surface area is 119 Å². The Balaban J connectivity index is 2.04. The van der Waals surface area contributed by atoms with Gasteiger partial charge in [0, 0.05) is 19.5 Å². The highest BCUT2D eigenvalue weighted by atomic mass is 16.4. The Kier molecular flexibility index (Phi) is 5.16. The Hall–Kier alpha value is -1.84. The van der Waals surface area contributed by atoms with Crippen LogP contribution >= 0.6 is 0 Å². The lowest BCUT2D eigenvalue weighted by atomic mass is 9.95. The van der Waals surface area contributed by atoms with Crippen molar-refractivity contribution < 1.29 is 14.7 Å². The van der Waals surface area contributed by atoms with Gasteiger partial charge in [-0.3, -0.25) is 9.59 Å². The predicted molar refractivity (Wildman–Crippen MR) is 76.5 cm³/mol. The van der Waals surface area contributed by atoms with Gasteiger partial charge in [-0.15, -0.1) is 0 Å². The van der Waals surface area contributed by atoms with E-state index in [2.05, 4.69) is 0 Å². The van der Waals surface area contributed by atoms with Gasteiger partial charge in [0.05, 0.1) is 5.92 Å². The molecule has 1 atom stereocenters. The van der Waals surface area contributed by atoms with E-state index in [4.69, 9.17) is 0 Å². The summed E-state index contributed by atoms with van der Waals surface area (Å²) in [5.74, 6) is -1.71. The highest BCUT2D eigenvalue weighted by Gasteiger charge is 2.26. The monoisotopic (exact) mass is 275 g/mol. The number of carboxylic acids is 1. The predicted octanol–water partition coefficient (Wildman–Crippen LogP) is 2.65. The van der Waals surface area contributed by atoms with Crippen LogP contribution in [0.3, 0.4) is 0 Å². The summed E-state index contributed by atoms with van der Waals surface area (Å²) in [6, 6.07) is 9.01. The normalized spacial score (nSPS) is 17.3. The maximum Gasteiger partial charge on any atom is 0.311 e. The molecule has 1 saturated heterocycles. The van der Waals surface area contributed by atoms with Crippen LogP contribution in [0.4, 0.5) is 0 Å². The van der Waals surface area contributed by atoms with Crippen LogP contribution in [0.25, 0.3) is 0 Å². The Bertz CT molecular complexity index is 450. The second kappa shape index (κ2) is 7.08. The summed E-state index contributed by atoms with van der Waals surface area (Å²) in [6.45, 7) is 1.53. The zero-order chi connectivity index (χ0) is 14.4. The molecule has 108 valence electrons. The average molecular weight is 275 g/mol. The number of hydrogen-bond donors (Lipinski definition) is 1. The van der Waals surface area contributed by atoms with Crippen molar-refractivity contribution >= 4 is 11.9 Å². The number of hydrogen-bond acceptors (Lipinski definition) is 2. The van der Waals surface area contributed by atoms with Gasteiger partial charge in [0.1, 0.15) is 0 Å². The number of aliphatic carboxylic acids is 1. The summed E-state index contributed by atoms with van der Waals surface area (Å²) in [7, 11) is 0. The van der Waals surface area contributed by atoms with Crippen LogP contribution < -0.4 is 0 Å². The van der Waals surface area contributed by atoms with Crippen molar-refractivity contribution in [1.82, 2.24) is 4.90 Å². The lowest BCUT2D eigenvalue weighted by Crippen LogP contribution is -2.33. The van der Waals surface area contributed by atoms with Gasteiger partial charge in [-0.1, -0.05) is 43.2 Å². The average Bonchev–Trinajstić information content (AvgIpc) is 2.74. The van der Waals surface area contributed by atoms with Crippen molar-refractivity contribution in [3.63, 3.8) is 0 Å². The Morgan fingerprint density at radius 1 is 1.05 bits per heavy atom. The first-order valence-corrected chi connectivity index (χ1v) is 7.24. The number of likely N-dealkylation sites (tertiary alicyclic amines) is 1. The second-order valence-electron chi connectivity index (χ2n) is 5.30. The van der Waals surface area contributed by atoms with E-state index in [-0.39, 0.29) is 12.3 Å². The lowest BCUT2D eigenvalue weighted by molar-refractivity contribution is -0.142. The SMILES string of the molecule is O=C(O)C(CC(=O)N1CCCCCC1)c1ccccc1. The maximum atomic E-state index is 12.3. The molecule has 1 amide bonds. The Morgan fingerprint density at radius 2 is 1.65 bits per heavy atom. The molecule has 1 aromatic carbocycles. The molecule has 1 fully saturated rings. The molecule has 2 rings (SSSR count). The Morgan fingerprint density at radius 3 is 2.20 bits per heavy atom. The summed E-state index contributed by atoms with van der Waals surface area (Å²) in [4.78, 5) is 25.5. The van der Waals surface area contributed by atoms with Gasteiger partial charge in [0.25, 0.3) is 0 Å². The van der Waals surface area contributed by atoms with Crippen molar-refractivity contribution in [3.05, 3.63) is 35.9 Å². The van der Waals surface area contributed by atoms with Crippen molar-refractivity contribution in [2.75, 3.05) is 13.1 Å². The lowest BCUT2D eigenvalue weighted by Gasteiger charge is -2.22. The first kappa shape index (κ1) is 14.6. The minimum Gasteiger partial charge on any atom is -0.481 e. The van der Waals surface area contributed by atoms with Gasteiger partial charge in [0.2, 0.25) is 5.91 Å². The van der Waals surface area contributed by atoms with Crippen molar-refractivity contribution in [2.24, 2.45) is 0 Å². The molecule has 1 heterocycles. The standard InChI is InChI=1S/C16H21NO3/c18-15(17-10-6-1-2-7-11-17)12-14(16(19)20)13-8-4-3-5-9-13/h3-5,8-9,14H,1-2,6-7,10-12H2,(H,19,20). The molecule has 0 bridgehead atoms. The highest BCUT2D eigenvalue weighted by molar-refractivity contribution is 5.85. The molecule has 0 radical (unpaired) electrons. The molecule has 1 aromatic rings. The summed E-state index contributed by atoms with van der Waals surface area (Å²) in [5, 5.41) is 9.36. The van der Waals surface area contributed by atoms with Gasteiger partial charge in [-0.2, -0.15) is 0 Å². The quantitative estimate of drug-likeness (QED) is 0.919. The first-order valence-electron chi connectivity index (χ1n) is 7.24. The van der Waals surface area contributed by atoms with E-state index in [1.165, 1.54) is 0 Å². The third-order valence-corrected chi connectivity index (χ3v) is 3.84. The topological polar surface area (TPSA) is 57.6 Å². The van der Waals surface area contributed by atoms with Gasteiger partial charge < -0.3 is 10.0 Å². The van der Waals surface area contributed by atoms with Gasteiger partial charge >= 0.3 is 5.97 Å². The van der Waals surface area contributed by atoms with E-state index >= 15 is 0 Å². The molecule has 1 N–H and O–H groups in total. The summed E-state index contributed by atoms with van der Waals surface area (Å²) in [6.07, 6.45) is 4.42. The van der Waals surface area contributed by atoms with Gasteiger partial charge in [-0.25, -0.2) is 0 Å². The molecule has 0 spiro atoms. The number of carbonyl (C=O) groups excluding carboxylic acids is 1. The van der Waals surface area contributed by atoms with Crippen molar-refractivity contribution in [1.29, 1.82) is 0 Å². The maximum absolute atomic E-state index is 12.3. The molecule has 1 aliphatic rings. The fraction of sp³-hybridized carbons (Fsp3) is 0.500. The molecule has 20 heavy (non-hydrogen) atoms. The molecule has 4 heteroatoms. The number of benzene rings is 1. The molecular formula is C16H21NO3. The van der Waals surface area contributed by atoms with Crippen LogP contribution in [-0.2, 0) is 9.59 Å². The van der Waals surface area contributed by atoms with E-state index in [1.54, 1.807) is 12.1 Å². The van der Waals surface area contributed by atoms with Crippen LogP contribution in [0.5, 0.6) is 0 Å². The van der Waals surface area contributed by atoms with Crippen molar-refractivity contribution in [2.45, 2.75) is 38.0 Å². The van der Waals surface area contributed by atoms with E-state index in [0.29, 0.717) is 5.56 Å². The fourth-order valence-corrected chi connectivity index (χ4v) is 2.66. The van der Waals surface area contributed by atoms with E-state index in [0.717, 1.165) is 38.8 Å². The number of carboxylic acid groups (broad SMARTS) is 1. The van der Waals surface area contributed by atoms with Gasteiger partial charge in [0.15, 0.2) is 0 Å². The third kappa shape index (κ3) is 3.83. The second-order valence-corrected chi connectivity index (χ2v) is 5.30. The van der Waals surface area contributed by atoms with Crippen LogP contribution in [-0.4, -0.2) is 35.0 Å². The van der Waals surface area contributed by atoms with E-state index in [1.807, 2.05) is 23.1 Å². The summed E-state index contributed by atoms with van der Waals surface area (Å²) < 4.78 is 0. The van der Waals surface area contributed by atoms with E-state index < -0.39 is 11.9 Å². The zero-order valence-corrected chi connectivity index (χ0v) is 11.6. The van der Waals surface area contributed by atoms with Crippen molar-refractivity contribution in [3.8, 4) is 0 Å². The number of carbonyl (C=O) groups is 2.